The maximum Gasteiger partial charge on any atom is 0.138 e. The van der Waals surface area contributed by atoms with Crippen LogP contribution < -0.4 is 28.9 Å². The van der Waals surface area contributed by atoms with Crippen molar-refractivity contribution in [3.05, 3.63) is 221 Å². The van der Waals surface area contributed by atoms with Crippen molar-refractivity contribution in [3.8, 4) is 106 Å². The van der Waals surface area contributed by atoms with Crippen LogP contribution in [0.5, 0.6) is 17.2 Å². The first-order valence-corrected chi connectivity index (χ1v) is 39.1. The lowest BCUT2D eigenvalue weighted by molar-refractivity contribution is -0.00970. The van der Waals surface area contributed by atoms with Gasteiger partial charge in [0.1, 0.15) is 84.2 Å². The zero-order valence-corrected chi connectivity index (χ0v) is 66.3. The Kier molecular flexibility index (Phi) is 21.6. The van der Waals surface area contributed by atoms with Gasteiger partial charge >= 0.3 is 0 Å². The van der Waals surface area contributed by atoms with Crippen LogP contribution in [0.15, 0.2) is 165 Å². The van der Waals surface area contributed by atoms with E-state index in [0.717, 1.165) is 132 Å². The molecule has 9 aliphatic rings. The third kappa shape index (κ3) is 17.0. The van der Waals surface area contributed by atoms with Crippen LogP contribution in [0.4, 0.5) is 21.8 Å². The number of pyridine rings is 8. The number of anilines is 3. The van der Waals surface area contributed by atoms with E-state index in [2.05, 4.69) is 90.6 Å². The molecule has 9 saturated heterocycles. The van der Waals surface area contributed by atoms with Gasteiger partial charge in [0, 0.05) is 164 Å². The zero-order valence-electron chi connectivity index (χ0n) is 66.3. The Hall–Kier alpha value is -13.3. The molecule has 0 aliphatic carbocycles. The van der Waals surface area contributed by atoms with E-state index in [1.54, 1.807) is 98.3 Å². The molecule has 9 fully saturated rings. The maximum absolute atomic E-state index is 14.0. The number of rotatable bonds is 21. The van der Waals surface area contributed by atoms with Gasteiger partial charge in [0.2, 0.25) is 0 Å². The summed E-state index contributed by atoms with van der Waals surface area (Å²) >= 11 is 0. The fraction of sp³-hybridized carbons (Fsp3) is 0.330. The van der Waals surface area contributed by atoms with Crippen molar-refractivity contribution in [3.63, 3.8) is 0 Å². The largest absolute Gasteiger partial charge is 0.489 e. The standard InChI is InChI=1S/C31H29FN6O2.2C30H29N7O2/c1-4-20-7-21(9-24(32)8-20)15-37-25-10-26(37)17-36(16-25)29-6-5-22(13-34-29)28-11-27(40-19-31(2,3)39)18-38-30(28)23(12-33)14-35-38;1-4-20-5-7-23(32-12-20)15-36-24-9-25(36)17-35(16-24)28-8-6-21(13-33-28)27-10-26(39-19-30(2,3)38)18-37-29(27)22(11-31)14-34-37;1-4-22-6-5-7-23(34-22)15-36-24-10-25(36)17-35(16-24)28-9-8-20(13-32-28)27-11-26(39-19-30(2,3)38)18-37-29(27)21(12-31)14-33-37/h1,5-9,11,13-14,18,25-26,39H,10,15-17,19H2,2-3H3;1,5-8,10,12-14,18,24-25,38H,9,15-17,19H2,2-3H3;1,5-9,11,13-14,18,24-25,38H,10,15-17,19H2,2-3H3. The smallest absolute Gasteiger partial charge is 0.138 e. The molecule has 118 heavy (non-hydrogen) atoms. The van der Waals surface area contributed by atoms with Gasteiger partial charge in [-0.2, -0.15) is 31.1 Å². The summed E-state index contributed by atoms with van der Waals surface area (Å²) in [5, 5.41) is 72.2. The predicted octanol–water partition coefficient (Wildman–Crippen LogP) is 10.5. The number of benzene rings is 1. The second-order valence-electron chi connectivity index (χ2n) is 32.9. The molecular weight excluding hydrogens is 1490 g/mol. The highest BCUT2D eigenvalue weighted by Gasteiger charge is 2.47. The summed E-state index contributed by atoms with van der Waals surface area (Å²) in [6, 6.07) is 41.6. The summed E-state index contributed by atoms with van der Waals surface area (Å²) in [5.74, 6) is 11.9. The van der Waals surface area contributed by atoms with Crippen LogP contribution in [0.3, 0.4) is 0 Å². The van der Waals surface area contributed by atoms with Crippen LogP contribution in [0, 0.1) is 76.8 Å². The highest BCUT2D eigenvalue weighted by atomic mass is 19.1. The first-order valence-electron chi connectivity index (χ1n) is 39.1. The minimum atomic E-state index is -0.993. The average Bonchev–Trinajstić information content (AvgIpc) is 1.53. The minimum absolute atomic E-state index is 0.111. The fourth-order valence-electron chi connectivity index (χ4n) is 16.5. The van der Waals surface area contributed by atoms with Crippen LogP contribution in [-0.4, -0.2) is 196 Å². The Morgan fingerprint density at radius 2 is 0.822 bits per heavy atom. The van der Waals surface area contributed by atoms with Gasteiger partial charge in [-0.25, -0.2) is 37.9 Å². The lowest BCUT2D eigenvalue weighted by Crippen LogP contribution is -2.68. The lowest BCUT2D eigenvalue weighted by Gasteiger charge is -2.56. The van der Waals surface area contributed by atoms with Gasteiger partial charge in [0.25, 0.3) is 0 Å². The Bertz CT molecular complexity index is 5990. The third-order valence-electron chi connectivity index (χ3n) is 22.2. The molecule has 20 heterocycles. The molecule has 12 aromatic rings. The highest BCUT2D eigenvalue weighted by molar-refractivity contribution is 5.87. The number of fused-ring (bicyclic) bond motifs is 9. The van der Waals surface area contributed by atoms with E-state index in [9.17, 15) is 35.5 Å². The van der Waals surface area contributed by atoms with E-state index in [1.807, 2.05) is 110 Å². The quantitative estimate of drug-likeness (QED) is 0.0563. The van der Waals surface area contributed by atoms with Gasteiger partial charge in [-0.05, 0) is 163 Å². The molecule has 0 amide bonds. The second kappa shape index (κ2) is 32.4. The first-order chi connectivity index (χ1) is 56.8. The summed E-state index contributed by atoms with van der Waals surface area (Å²) in [7, 11) is 0. The predicted molar refractivity (Wildman–Crippen MR) is 443 cm³/mol. The van der Waals surface area contributed by atoms with Crippen molar-refractivity contribution in [2.24, 2.45) is 0 Å². The minimum Gasteiger partial charge on any atom is -0.489 e. The number of hydrogen-bond acceptors (Lipinski definition) is 23. The van der Waals surface area contributed by atoms with E-state index in [4.69, 9.17) is 48.4 Å². The molecule has 21 rings (SSSR count). The number of aliphatic hydroxyl groups is 3. The second-order valence-corrected chi connectivity index (χ2v) is 32.9. The highest BCUT2D eigenvalue weighted by Crippen LogP contribution is 2.42. The van der Waals surface area contributed by atoms with Crippen LogP contribution >= 0.6 is 0 Å². The molecule has 6 bridgehead atoms. The van der Waals surface area contributed by atoms with Gasteiger partial charge < -0.3 is 44.2 Å². The van der Waals surface area contributed by atoms with Gasteiger partial charge in [0.05, 0.1) is 98.6 Å². The molecule has 9 aliphatic heterocycles. The third-order valence-corrected chi connectivity index (χ3v) is 22.2. The molecule has 6 unspecified atom stereocenters. The number of nitriles is 3. The van der Waals surface area contributed by atoms with Gasteiger partial charge in [-0.1, -0.05) is 23.8 Å². The van der Waals surface area contributed by atoms with Crippen molar-refractivity contribution in [1.82, 2.24) is 68.5 Å². The molecule has 0 saturated carbocycles. The Morgan fingerprint density at radius 3 is 1.16 bits per heavy atom. The SMILES string of the molecule is C#Cc1cc(F)cc(CN2C3CC2CN(c2ccc(-c4cc(OCC(C)(C)O)cn5ncc(C#N)c45)cn2)C3)c1.C#Cc1ccc(CN2C3CC2CN(c2ccc(-c4cc(OCC(C)(C)O)cn5ncc(C#N)c45)cn2)C3)nc1.C#Cc1cccc(CN2C3CC2CN(c2ccc(-c4cc(OCC(C)(C)O)cn5ncc(C#N)c45)cn2)C3)n1. The summed E-state index contributed by atoms with van der Waals surface area (Å²) < 4.78 is 36.4. The summed E-state index contributed by atoms with van der Waals surface area (Å²) in [6.07, 6.45) is 36.9. The number of terminal acetylenes is 3. The summed E-state index contributed by atoms with van der Waals surface area (Å²) in [6.45, 7) is 18.1. The van der Waals surface area contributed by atoms with Gasteiger partial charge in [-0.15, -0.1) is 19.3 Å². The fourth-order valence-corrected chi connectivity index (χ4v) is 16.5. The normalized spacial score (nSPS) is 18.8. The topological polar surface area (TPSA) is 296 Å². The van der Waals surface area contributed by atoms with Gasteiger partial charge in [-0.3, -0.25) is 19.7 Å². The van der Waals surface area contributed by atoms with Crippen LogP contribution in [0.25, 0.3) is 49.9 Å². The van der Waals surface area contributed by atoms with Crippen molar-refractivity contribution < 1.29 is 33.9 Å². The molecule has 0 radical (unpaired) electrons. The molecule has 594 valence electrons. The van der Waals surface area contributed by atoms with Crippen LogP contribution in [-0.2, 0) is 19.6 Å². The zero-order chi connectivity index (χ0) is 82.3. The molecule has 6 atom stereocenters. The number of halogens is 1. The van der Waals surface area contributed by atoms with E-state index >= 15 is 0 Å². The molecule has 11 aromatic heterocycles. The molecule has 3 N–H and O–H groups in total. The molecule has 27 heteroatoms. The number of piperidine rings is 3. The number of aromatic nitrogens is 11. The molecule has 26 nitrogen and oxygen atoms in total. The van der Waals surface area contributed by atoms with E-state index in [1.165, 1.54) is 25.1 Å². The summed E-state index contributed by atoms with van der Waals surface area (Å²) in [4.78, 5) is 37.9. The maximum atomic E-state index is 14.0. The number of hydrogen-bond donors (Lipinski definition) is 3. The molecule has 1 aromatic carbocycles. The Labute approximate surface area is 683 Å². The number of ether oxygens (including phenoxy) is 3. The number of nitrogens with zero attached hydrogens (tertiary/aromatic N) is 20. The average molecular weight is 1580 g/mol. The van der Waals surface area contributed by atoms with E-state index in [0.29, 0.717) is 105 Å². The lowest BCUT2D eigenvalue weighted by atomic mass is 9.86. The van der Waals surface area contributed by atoms with Crippen molar-refractivity contribution in [1.29, 1.82) is 15.8 Å². The number of piperazine rings is 3. The van der Waals surface area contributed by atoms with E-state index in [-0.39, 0.29) is 25.6 Å². The summed E-state index contributed by atoms with van der Waals surface area (Å²) in [5.41, 5.74) is 10.4. The monoisotopic (exact) mass is 1570 g/mol. The Morgan fingerprint density at radius 1 is 0.432 bits per heavy atom. The van der Waals surface area contributed by atoms with Gasteiger partial charge in [0.15, 0.2) is 0 Å². The van der Waals surface area contributed by atoms with Crippen LogP contribution in [0.1, 0.15) is 111 Å². The van der Waals surface area contributed by atoms with Crippen LogP contribution in [0.2, 0.25) is 0 Å². The van der Waals surface area contributed by atoms with Crippen molar-refractivity contribution in [2.45, 2.75) is 133 Å². The van der Waals surface area contributed by atoms with Crippen molar-refractivity contribution >= 4 is 34.0 Å². The molecular formula is C91H87FN20O6. The Balaban J connectivity index is 0.000000132. The van der Waals surface area contributed by atoms with E-state index < -0.39 is 16.8 Å². The molecule has 0 spiro atoms. The first kappa shape index (κ1) is 78.6. The van der Waals surface area contributed by atoms with Crippen molar-refractivity contribution in [2.75, 3.05) is 73.8 Å².